The number of carbonyl (C=O) groups is 1. The first-order chi connectivity index (χ1) is 19.6. The number of nitrogens with one attached hydrogen (secondary N) is 1. The number of pyridine rings is 1. The van der Waals surface area contributed by atoms with E-state index < -0.39 is 17.2 Å². The lowest BCUT2D eigenvalue weighted by Gasteiger charge is -2.43. The number of amides is 1. The molecule has 1 N–H and O–H groups in total. The molecule has 11 heteroatoms. The predicted molar refractivity (Wildman–Crippen MR) is 150 cm³/mol. The van der Waals surface area contributed by atoms with Gasteiger partial charge in [-0.3, -0.25) is 9.78 Å². The molecular formula is C30H33F3N6O2. The normalized spacial score (nSPS) is 21.0. The maximum absolute atomic E-state index is 14.1. The summed E-state index contributed by atoms with van der Waals surface area (Å²) in [7, 11) is 5.57. The highest BCUT2D eigenvalue weighted by atomic mass is 19.4. The Kier molecular flexibility index (Phi) is 7.81. The minimum absolute atomic E-state index is 0.0534. The third-order valence-corrected chi connectivity index (χ3v) is 8.41. The Balaban J connectivity index is 1.44. The third kappa shape index (κ3) is 5.54. The molecule has 216 valence electrons. The Bertz CT molecular complexity index is 1440. The lowest BCUT2D eigenvalue weighted by atomic mass is 9.72. The summed E-state index contributed by atoms with van der Waals surface area (Å²) in [4.78, 5) is 26.2. The molecule has 3 aromatic rings. The second-order valence-corrected chi connectivity index (χ2v) is 10.9. The molecule has 1 aromatic carbocycles. The topological polar surface area (TPSA) is 67.0 Å². The SMILES string of the molecule is [C-]#[N+]c1cc(C(F)(F)F)ccc1N1CCC(C(=O)N[C@H]2CN(C)C[C@H]2OC)(c2ccc(-c3cccn3C)nc2)CC1. The van der Waals surface area contributed by atoms with Crippen molar-refractivity contribution in [1.82, 2.24) is 19.8 Å². The van der Waals surface area contributed by atoms with Gasteiger partial charge in [0.2, 0.25) is 11.6 Å². The van der Waals surface area contributed by atoms with E-state index in [1.54, 1.807) is 13.3 Å². The van der Waals surface area contributed by atoms with Crippen LogP contribution in [0.4, 0.5) is 24.5 Å². The number of hydrogen-bond donors (Lipinski definition) is 1. The number of methoxy groups -OCH3 is 1. The van der Waals surface area contributed by atoms with Crippen molar-refractivity contribution < 1.29 is 22.7 Å². The van der Waals surface area contributed by atoms with E-state index in [1.807, 2.05) is 54.0 Å². The highest BCUT2D eigenvalue weighted by molar-refractivity contribution is 5.89. The Hall–Kier alpha value is -3.88. The van der Waals surface area contributed by atoms with Gasteiger partial charge in [-0.05, 0) is 55.8 Å². The van der Waals surface area contributed by atoms with Gasteiger partial charge in [0, 0.05) is 64.0 Å². The maximum atomic E-state index is 14.1. The van der Waals surface area contributed by atoms with Crippen LogP contribution in [0.3, 0.4) is 0 Å². The van der Waals surface area contributed by atoms with Crippen LogP contribution in [0.5, 0.6) is 0 Å². The molecule has 2 aliphatic rings. The molecule has 5 rings (SSSR count). The molecule has 0 aliphatic carbocycles. The van der Waals surface area contributed by atoms with Crippen molar-refractivity contribution in [3.8, 4) is 11.4 Å². The standard InChI is InChI=1S/C30H33F3N6O2/c1-34-23-16-20(30(31,32)33)8-10-26(23)39-14-11-29(12-15-39,28(40)36-24-18-37(2)19-27(24)41-4)21-7-9-22(35-17-21)25-6-5-13-38(25)3/h5-10,13,16-17,24,27H,11-12,14-15,18-19H2,2-4H3,(H,36,40)/t24-,27+/m0/s1. The van der Waals surface area contributed by atoms with E-state index in [1.165, 1.54) is 6.07 Å². The Morgan fingerprint density at radius 3 is 2.49 bits per heavy atom. The Morgan fingerprint density at radius 1 is 1.15 bits per heavy atom. The van der Waals surface area contributed by atoms with Crippen LogP contribution in [-0.4, -0.2) is 72.8 Å². The number of likely N-dealkylation sites (N-methyl/N-ethyl adjacent to an activating group) is 1. The zero-order chi connectivity index (χ0) is 29.4. The van der Waals surface area contributed by atoms with Crippen molar-refractivity contribution >= 4 is 17.3 Å². The summed E-state index contributed by atoms with van der Waals surface area (Å²) in [5, 5.41) is 3.24. The predicted octanol–water partition coefficient (Wildman–Crippen LogP) is 4.64. The van der Waals surface area contributed by atoms with E-state index >= 15 is 0 Å². The van der Waals surface area contributed by atoms with E-state index in [0.29, 0.717) is 44.7 Å². The molecule has 41 heavy (non-hydrogen) atoms. The first-order valence-electron chi connectivity index (χ1n) is 13.5. The summed E-state index contributed by atoms with van der Waals surface area (Å²) in [6, 6.07) is 10.9. The van der Waals surface area contributed by atoms with Gasteiger partial charge < -0.3 is 24.4 Å². The molecular weight excluding hydrogens is 533 g/mol. The van der Waals surface area contributed by atoms with Crippen LogP contribution in [0.2, 0.25) is 0 Å². The van der Waals surface area contributed by atoms with Gasteiger partial charge in [0.1, 0.15) is 0 Å². The summed E-state index contributed by atoms with van der Waals surface area (Å²) >= 11 is 0. The van der Waals surface area contributed by atoms with Crippen LogP contribution >= 0.6 is 0 Å². The number of nitrogens with zero attached hydrogens (tertiary/aromatic N) is 5. The van der Waals surface area contributed by atoms with E-state index in [9.17, 15) is 18.0 Å². The van der Waals surface area contributed by atoms with E-state index in [2.05, 4.69) is 15.1 Å². The molecule has 8 nitrogen and oxygen atoms in total. The number of carbonyl (C=O) groups excluding carboxylic acids is 1. The number of likely N-dealkylation sites (tertiary alicyclic amines) is 1. The molecule has 1 amide bonds. The molecule has 2 atom stereocenters. The van der Waals surface area contributed by atoms with Crippen molar-refractivity contribution in [2.24, 2.45) is 7.05 Å². The summed E-state index contributed by atoms with van der Waals surface area (Å²) < 4.78 is 47.4. The number of aromatic nitrogens is 2. The van der Waals surface area contributed by atoms with Crippen molar-refractivity contribution in [1.29, 1.82) is 0 Å². The smallest absolute Gasteiger partial charge is 0.380 e. The van der Waals surface area contributed by atoms with E-state index in [-0.39, 0.29) is 23.7 Å². The number of halogens is 3. The number of piperidine rings is 1. The van der Waals surface area contributed by atoms with E-state index in [0.717, 1.165) is 29.1 Å². The van der Waals surface area contributed by atoms with Crippen LogP contribution in [0.15, 0.2) is 54.9 Å². The number of anilines is 1. The third-order valence-electron chi connectivity index (χ3n) is 8.41. The lowest BCUT2D eigenvalue weighted by Crippen LogP contribution is -2.56. The lowest BCUT2D eigenvalue weighted by molar-refractivity contribution is -0.137. The van der Waals surface area contributed by atoms with Crippen LogP contribution in [0.1, 0.15) is 24.0 Å². The average Bonchev–Trinajstić information content (AvgIpc) is 3.56. The zero-order valence-corrected chi connectivity index (χ0v) is 23.3. The largest absolute Gasteiger partial charge is 0.415 e. The fraction of sp³-hybridized carbons (Fsp3) is 0.433. The number of alkyl halides is 3. The quantitative estimate of drug-likeness (QED) is 0.441. The zero-order valence-electron chi connectivity index (χ0n) is 23.3. The summed E-state index contributed by atoms with van der Waals surface area (Å²) in [6.07, 6.45) is -0.147. The van der Waals surface area contributed by atoms with Crippen LogP contribution in [-0.2, 0) is 28.2 Å². The van der Waals surface area contributed by atoms with Crippen molar-refractivity contribution in [3.63, 3.8) is 0 Å². The van der Waals surface area contributed by atoms with Gasteiger partial charge in [-0.1, -0.05) is 12.1 Å². The number of benzene rings is 1. The Morgan fingerprint density at radius 2 is 1.90 bits per heavy atom. The van der Waals surface area contributed by atoms with Crippen LogP contribution in [0, 0.1) is 6.57 Å². The molecule has 4 heterocycles. The first kappa shape index (κ1) is 28.6. The fourth-order valence-electron chi connectivity index (χ4n) is 6.03. The number of ether oxygens (including phenoxy) is 1. The van der Waals surface area contributed by atoms with Gasteiger partial charge in [-0.15, -0.1) is 0 Å². The van der Waals surface area contributed by atoms with Gasteiger partial charge in [-0.25, -0.2) is 4.85 Å². The Labute approximate surface area is 237 Å². The fourth-order valence-corrected chi connectivity index (χ4v) is 6.03. The molecule has 0 spiro atoms. The molecule has 2 aliphatic heterocycles. The molecule has 2 aromatic heterocycles. The molecule has 2 saturated heterocycles. The summed E-state index contributed by atoms with van der Waals surface area (Å²) in [5.74, 6) is -0.120. The van der Waals surface area contributed by atoms with Crippen molar-refractivity contribution in [2.45, 2.75) is 36.6 Å². The second-order valence-electron chi connectivity index (χ2n) is 10.9. The highest BCUT2D eigenvalue weighted by Crippen LogP contribution is 2.42. The van der Waals surface area contributed by atoms with Gasteiger partial charge in [0.25, 0.3) is 0 Å². The van der Waals surface area contributed by atoms with Crippen LogP contribution < -0.4 is 10.2 Å². The van der Waals surface area contributed by atoms with E-state index in [4.69, 9.17) is 16.3 Å². The van der Waals surface area contributed by atoms with Crippen molar-refractivity contribution in [3.05, 3.63) is 77.4 Å². The second kappa shape index (κ2) is 11.2. The summed E-state index contributed by atoms with van der Waals surface area (Å²) in [6.45, 7) is 9.65. The molecule has 0 saturated carbocycles. The van der Waals surface area contributed by atoms with Crippen molar-refractivity contribution in [2.75, 3.05) is 45.2 Å². The molecule has 0 radical (unpaired) electrons. The molecule has 0 bridgehead atoms. The number of rotatable bonds is 6. The molecule has 0 unspecified atom stereocenters. The average molecular weight is 567 g/mol. The maximum Gasteiger partial charge on any atom is 0.415 e. The summed E-state index contributed by atoms with van der Waals surface area (Å²) in [5.41, 5.74) is 1.16. The van der Waals surface area contributed by atoms with Gasteiger partial charge in [0.05, 0.1) is 35.5 Å². The number of hydrogen-bond acceptors (Lipinski definition) is 5. The monoisotopic (exact) mass is 566 g/mol. The van der Waals surface area contributed by atoms with Gasteiger partial charge in [0.15, 0.2) is 0 Å². The van der Waals surface area contributed by atoms with Crippen LogP contribution in [0.25, 0.3) is 16.2 Å². The highest BCUT2D eigenvalue weighted by Gasteiger charge is 2.46. The van der Waals surface area contributed by atoms with Gasteiger partial charge in [-0.2, -0.15) is 13.2 Å². The molecule has 2 fully saturated rings. The minimum Gasteiger partial charge on any atom is -0.380 e. The first-order valence-corrected chi connectivity index (χ1v) is 13.5. The minimum atomic E-state index is -4.53. The number of aryl methyl sites for hydroxylation is 1. The van der Waals surface area contributed by atoms with Gasteiger partial charge >= 0.3 is 6.18 Å².